The van der Waals surface area contributed by atoms with Gasteiger partial charge in [-0.2, -0.15) is 8.42 Å². The molecule has 0 aliphatic heterocycles. The van der Waals surface area contributed by atoms with Gasteiger partial charge in [0.1, 0.15) is 0 Å². The lowest BCUT2D eigenvalue weighted by molar-refractivity contribution is 0.272. The molecule has 10 heteroatoms. The van der Waals surface area contributed by atoms with Crippen molar-refractivity contribution in [3.05, 3.63) is 23.8 Å². The van der Waals surface area contributed by atoms with Crippen LogP contribution in [0.5, 0.6) is 0 Å². The first-order chi connectivity index (χ1) is 8.62. The number of benzene rings is 1. The van der Waals surface area contributed by atoms with Crippen LogP contribution in [0.4, 0.5) is 5.69 Å². The van der Waals surface area contributed by atoms with Gasteiger partial charge >= 0.3 is 10.4 Å². The Morgan fingerprint density at radius 1 is 1.32 bits per heavy atom. The zero-order valence-corrected chi connectivity index (χ0v) is 11.7. The minimum absolute atomic E-state index is 0.0394. The second kappa shape index (κ2) is 5.84. The highest BCUT2D eigenvalue weighted by Gasteiger charge is 2.14. The molecule has 108 valence electrons. The van der Waals surface area contributed by atoms with Crippen molar-refractivity contribution >= 4 is 26.1 Å². The molecule has 0 heterocycles. The maximum Gasteiger partial charge on any atom is 0.397 e. The van der Waals surface area contributed by atoms with Gasteiger partial charge < -0.3 is 5.73 Å². The topological polar surface area (TPSA) is 136 Å². The molecule has 8 nitrogen and oxygen atoms in total. The van der Waals surface area contributed by atoms with Crippen LogP contribution in [0.3, 0.4) is 0 Å². The molecule has 19 heavy (non-hydrogen) atoms. The van der Waals surface area contributed by atoms with E-state index in [1.165, 1.54) is 12.1 Å². The van der Waals surface area contributed by atoms with E-state index in [-0.39, 0.29) is 11.4 Å². The highest BCUT2D eigenvalue weighted by molar-refractivity contribution is 7.89. The molecule has 1 aromatic carbocycles. The minimum atomic E-state index is -4.57. The van der Waals surface area contributed by atoms with E-state index >= 15 is 0 Å². The molecule has 0 saturated carbocycles. The van der Waals surface area contributed by atoms with Crippen LogP contribution in [0.25, 0.3) is 0 Å². The Hall–Kier alpha value is -1.20. The fourth-order valence-corrected chi connectivity index (χ4v) is 2.53. The smallest absolute Gasteiger partial charge is 0.397 e. The van der Waals surface area contributed by atoms with Gasteiger partial charge in [-0.1, -0.05) is 6.07 Å². The summed E-state index contributed by atoms with van der Waals surface area (Å²) < 4.78 is 58.4. The third kappa shape index (κ3) is 5.12. The van der Waals surface area contributed by atoms with E-state index in [9.17, 15) is 16.8 Å². The first-order valence-corrected chi connectivity index (χ1v) is 7.94. The fraction of sp³-hybridized carbons (Fsp3) is 0.333. The summed E-state index contributed by atoms with van der Waals surface area (Å²) in [5.74, 6) is 0. The number of sulfonamides is 1. The van der Waals surface area contributed by atoms with E-state index in [0.29, 0.717) is 5.69 Å². The number of nitrogen functional groups attached to an aromatic ring is 1. The second-order valence-electron chi connectivity index (χ2n) is 3.67. The number of nitrogens with two attached hydrogens (primary N) is 1. The molecule has 0 amide bonds. The van der Waals surface area contributed by atoms with Crippen LogP contribution in [-0.4, -0.2) is 34.5 Å². The van der Waals surface area contributed by atoms with Gasteiger partial charge in [-0.3, -0.25) is 4.55 Å². The highest BCUT2D eigenvalue weighted by Crippen LogP contribution is 2.16. The third-order valence-electron chi connectivity index (χ3n) is 2.19. The molecule has 0 aliphatic rings. The molecule has 1 aromatic rings. The first kappa shape index (κ1) is 15.9. The van der Waals surface area contributed by atoms with E-state index in [1.807, 2.05) is 0 Å². The summed E-state index contributed by atoms with van der Waals surface area (Å²) >= 11 is 0. The molecule has 0 aromatic heterocycles. The molecule has 0 radical (unpaired) electrons. The van der Waals surface area contributed by atoms with E-state index in [0.717, 1.165) is 5.56 Å². The van der Waals surface area contributed by atoms with Crippen molar-refractivity contribution in [3.8, 4) is 0 Å². The molecular weight excluding hydrogens is 296 g/mol. The molecule has 0 atom stereocenters. The predicted molar refractivity (Wildman–Crippen MR) is 68.3 cm³/mol. The van der Waals surface area contributed by atoms with Gasteiger partial charge in [0.25, 0.3) is 0 Å². The predicted octanol–water partition coefficient (Wildman–Crippen LogP) is -0.325. The SMILES string of the molecule is Cc1ccc(S(=O)(=O)NCCOS(=O)(=O)O)cc1N. The third-order valence-corrected chi connectivity index (χ3v) is 4.11. The largest absolute Gasteiger partial charge is 0.398 e. The van der Waals surface area contributed by atoms with Crippen molar-refractivity contribution in [1.29, 1.82) is 0 Å². The second-order valence-corrected chi connectivity index (χ2v) is 6.52. The van der Waals surface area contributed by atoms with E-state index in [4.69, 9.17) is 10.3 Å². The highest BCUT2D eigenvalue weighted by atomic mass is 32.3. The minimum Gasteiger partial charge on any atom is -0.398 e. The summed E-state index contributed by atoms with van der Waals surface area (Å²) in [5.41, 5.74) is 6.67. The summed E-state index contributed by atoms with van der Waals surface area (Å²) in [5, 5.41) is 0. The number of hydrogen-bond donors (Lipinski definition) is 3. The molecule has 1 rings (SSSR count). The van der Waals surface area contributed by atoms with Crippen molar-refractivity contribution in [1.82, 2.24) is 4.72 Å². The Bertz CT molecular complexity index is 653. The van der Waals surface area contributed by atoms with Crippen LogP contribution >= 0.6 is 0 Å². The average molecular weight is 310 g/mol. The Morgan fingerprint density at radius 2 is 1.95 bits per heavy atom. The molecule has 0 spiro atoms. The standard InChI is InChI=1S/C9H14N2O6S2/c1-7-2-3-8(6-9(7)10)18(12,13)11-4-5-17-19(14,15)16/h2-3,6,11H,4-5,10H2,1H3,(H,14,15,16). The van der Waals surface area contributed by atoms with E-state index in [2.05, 4.69) is 8.91 Å². The van der Waals surface area contributed by atoms with Gasteiger partial charge in [-0.05, 0) is 24.6 Å². The van der Waals surface area contributed by atoms with Crippen LogP contribution in [0, 0.1) is 6.92 Å². The van der Waals surface area contributed by atoms with Gasteiger partial charge in [0.05, 0.1) is 11.5 Å². The summed E-state index contributed by atoms with van der Waals surface area (Å²) in [6.07, 6.45) is 0. The average Bonchev–Trinajstić information content (AvgIpc) is 2.27. The van der Waals surface area contributed by atoms with Crippen molar-refractivity contribution in [3.63, 3.8) is 0 Å². The summed E-state index contributed by atoms with van der Waals surface area (Å²) in [7, 11) is -8.38. The molecular formula is C9H14N2O6S2. The first-order valence-electron chi connectivity index (χ1n) is 5.09. The van der Waals surface area contributed by atoms with Crippen LogP contribution in [0.1, 0.15) is 5.56 Å². The van der Waals surface area contributed by atoms with Crippen molar-refractivity contribution in [2.45, 2.75) is 11.8 Å². The van der Waals surface area contributed by atoms with Crippen molar-refractivity contribution in [2.24, 2.45) is 0 Å². The molecule has 0 bridgehead atoms. The number of rotatable bonds is 6. The summed E-state index contributed by atoms with van der Waals surface area (Å²) in [6, 6.07) is 4.22. The summed E-state index contributed by atoms with van der Waals surface area (Å²) in [4.78, 5) is -0.0394. The van der Waals surface area contributed by atoms with Gasteiger partial charge in [0, 0.05) is 12.2 Å². The maximum atomic E-state index is 11.8. The van der Waals surface area contributed by atoms with Crippen molar-refractivity contribution in [2.75, 3.05) is 18.9 Å². The zero-order valence-electron chi connectivity index (χ0n) is 10.0. The Morgan fingerprint density at radius 3 is 2.47 bits per heavy atom. The molecule has 0 saturated heterocycles. The lowest BCUT2D eigenvalue weighted by Crippen LogP contribution is -2.28. The fourth-order valence-electron chi connectivity index (χ4n) is 1.19. The molecule has 0 fully saturated rings. The van der Waals surface area contributed by atoms with Gasteiger partial charge in [0.2, 0.25) is 10.0 Å². The molecule has 4 N–H and O–H groups in total. The summed E-state index contributed by atoms with van der Waals surface area (Å²) in [6.45, 7) is 0.911. The number of anilines is 1. The number of hydrogen-bond acceptors (Lipinski definition) is 6. The Balaban J connectivity index is 2.68. The van der Waals surface area contributed by atoms with Crippen LogP contribution in [-0.2, 0) is 24.6 Å². The maximum absolute atomic E-state index is 11.8. The lowest BCUT2D eigenvalue weighted by Gasteiger charge is -2.08. The number of nitrogens with one attached hydrogen (secondary N) is 1. The van der Waals surface area contributed by atoms with Gasteiger partial charge in [0.15, 0.2) is 0 Å². The molecule has 0 aliphatic carbocycles. The molecule has 0 unspecified atom stereocenters. The van der Waals surface area contributed by atoms with Crippen LogP contribution in [0.2, 0.25) is 0 Å². The normalized spacial score (nSPS) is 12.5. The Kier molecular flexibility index (Phi) is 4.87. The monoisotopic (exact) mass is 310 g/mol. The number of aryl methyl sites for hydroxylation is 1. The van der Waals surface area contributed by atoms with Crippen LogP contribution in [0.15, 0.2) is 23.1 Å². The van der Waals surface area contributed by atoms with E-state index < -0.39 is 27.0 Å². The lowest BCUT2D eigenvalue weighted by atomic mass is 10.2. The van der Waals surface area contributed by atoms with Gasteiger partial charge in [-0.15, -0.1) is 0 Å². The van der Waals surface area contributed by atoms with Crippen molar-refractivity contribution < 1.29 is 25.6 Å². The van der Waals surface area contributed by atoms with E-state index in [1.54, 1.807) is 13.0 Å². The van der Waals surface area contributed by atoms with Crippen LogP contribution < -0.4 is 10.5 Å². The van der Waals surface area contributed by atoms with Gasteiger partial charge in [-0.25, -0.2) is 17.3 Å². The Labute approximate surface area is 111 Å². The zero-order chi connectivity index (χ0) is 14.7. The quantitative estimate of drug-likeness (QED) is 0.372.